The molecule has 0 atom stereocenters. The number of hydrogen-bond acceptors (Lipinski definition) is 6. The number of rotatable bonds is 6. The van der Waals surface area contributed by atoms with Gasteiger partial charge in [0.15, 0.2) is 0 Å². The third-order valence-corrected chi connectivity index (χ3v) is 2.81. The molecule has 0 saturated heterocycles. The fourth-order valence-corrected chi connectivity index (χ4v) is 1.78. The lowest BCUT2D eigenvalue weighted by Gasteiger charge is -2.08. The molecule has 0 aliphatic rings. The molecular formula is C13H13ClN4O3. The van der Waals surface area contributed by atoms with E-state index < -0.39 is 4.92 Å². The Kier molecular flexibility index (Phi) is 4.89. The van der Waals surface area contributed by atoms with Crippen LogP contribution in [-0.2, 0) is 0 Å². The molecule has 0 unspecified atom stereocenters. The van der Waals surface area contributed by atoms with Crippen LogP contribution in [-0.4, -0.2) is 21.4 Å². The number of nitro groups is 1. The van der Waals surface area contributed by atoms with Crippen molar-refractivity contribution in [3.63, 3.8) is 0 Å². The smallest absolute Gasteiger partial charge is 0.313 e. The minimum atomic E-state index is -0.557. The highest BCUT2D eigenvalue weighted by atomic mass is 35.5. The van der Waals surface area contributed by atoms with Crippen LogP contribution in [0.2, 0.25) is 5.02 Å². The van der Waals surface area contributed by atoms with Crippen LogP contribution >= 0.6 is 11.6 Å². The van der Waals surface area contributed by atoms with E-state index in [0.29, 0.717) is 5.95 Å². The minimum Gasteiger partial charge on any atom is -0.430 e. The van der Waals surface area contributed by atoms with E-state index in [1.54, 1.807) is 0 Å². The maximum absolute atomic E-state index is 11.0. The highest BCUT2D eigenvalue weighted by molar-refractivity contribution is 6.32. The number of ether oxygens (including phenoxy) is 1. The number of benzene rings is 1. The number of anilines is 1. The molecule has 0 aliphatic heterocycles. The summed E-state index contributed by atoms with van der Waals surface area (Å²) in [7, 11) is 0. The number of aromatic nitrogens is 2. The average molecular weight is 309 g/mol. The number of hydrogen-bond donors (Lipinski definition) is 1. The Labute approximate surface area is 126 Å². The Bertz CT molecular complexity index is 651. The first kappa shape index (κ1) is 15.0. The van der Waals surface area contributed by atoms with Crippen molar-refractivity contribution in [1.29, 1.82) is 0 Å². The third kappa shape index (κ3) is 3.79. The van der Waals surface area contributed by atoms with Gasteiger partial charge in [0.1, 0.15) is 0 Å². The zero-order valence-corrected chi connectivity index (χ0v) is 12.0. The molecule has 21 heavy (non-hydrogen) atoms. The van der Waals surface area contributed by atoms with Gasteiger partial charge in [-0.15, -0.1) is 0 Å². The van der Waals surface area contributed by atoms with E-state index >= 15 is 0 Å². The zero-order valence-electron chi connectivity index (χ0n) is 11.2. The van der Waals surface area contributed by atoms with E-state index in [-0.39, 0.29) is 22.3 Å². The van der Waals surface area contributed by atoms with E-state index in [0.717, 1.165) is 13.0 Å². The van der Waals surface area contributed by atoms with Gasteiger partial charge in [0.2, 0.25) is 17.6 Å². The van der Waals surface area contributed by atoms with Gasteiger partial charge in [0.25, 0.3) is 0 Å². The zero-order chi connectivity index (χ0) is 15.2. The van der Waals surface area contributed by atoms with Crippen molar-refractivity contribution < 1.29 is 9.66 Å². The first-order valence-corrected chi connectivity index (χ1v) is 6.67. The molecule has 0 bridgehead atoms. The van der Waals surface area contributed by atoms with Gasteiger partial charge in [-0.25, -0.2) is 4.98 Å². The molecule has 7 nitrogen and oxygen atoms in total. The van der Waals surface area contributed by atoms with Crippen molar-refractivity contribution in [3.05, 3.63) is 45.6 Å². The second-order valence-electron chi connectivity index (χ2n) is 4.09. The van der Waals surface area contributed by atoms with Gasteiger partial charge in [0.05, 0.1) is 9.95 Å². The van der Waals surface area contributed by atoms with Gasteiger partial charge in [-0.1, -0.05) is 24.6 Å². The number of nitrogens with zero attached hydrogens (tertiary/aromatic N) is 3. The van der Waals surface area contributed by atoms with E-state index in [1.807, 2.05) is 6.92 Å². The van der Waals surface area contributed by atoms with Gasteiger partial charge in [0, 0.05) is 24.9 Å². The Morgan fingerprint density at radius 3 is 2.95 bits per heavy atom. The van der Waals surface area contributed by atoms with Crippen molar-refractivity contribution in [3.8, 4) is 11.6 Å². The summed E-state index contributed by atoms with van der Waals surface area (Å²) in [5, 5.41) is 14.1. The summed E-state index contributed by atoms with van der Waals surface area (Å²) in [6.45, 7) is 2.73. The van der Waals surface area contributed by atoms with Crippen LogP contribution in [0.25, 0.3) is 0 Å². The lowest BCUT2D eigenvalue weighted by Crippen LogP contribution is -2.04. The average Bonchev–Trinajstić information content (AvgIpc) is 2.47. The van der Waals surface area contributed by atoms with Crippen LogP contribution in [0, 0.1) is 10.1 Å². The summed E-state index contributed by atoms with van der Waals surface area (Å²) in [5.41, 5.74) is -0.218. The molecule has 0 spiro atoms. The Morgan fingerprint density at radius 2 is 2.24 bits per heavy atom. The molecule has 0 saturated carbocycles. The standard InChI is InChI=1S/C13H13ClN4O3/c1-2-7-15-13-16-8-6-11(17-13)21-12-9(14)4-3-5-10(12)18(19)20/h3-6,8H,2,7H2,1H3,(H,15,16,17). The second kappa shape index (κ2) is 6.85. The van der Waals surface area contributed by atoms with Gasteiger partial charge < -0.3 is 10.1 Å². The summed E-state index contributed by atoms with van der Waals surface area (Å²) in [5.74, 6) is 0.535. The third-order valence-electron chi connectivity index (χ3n) is 2.51. The number of para-hydroxylation sites is 1. The van der Waals surface area contributed by atoms with Crippen molar-refractivity contribution in [2.75, 3.05) is 11.9 Å². The molecule has 8 heteroatoms. The van der Waals surface area contributed by atoms with Gasteiger partial charge in [-0.05, 0) is 12.5 Å². The predicted molar refractivity (Wildman–Crippen MR) is 79.0 cm³/mol. The van der Waals surface area contributed by atoms with Crippen LogP contribution in [0.4, 0.5) is 11.6 Å². The Balaban J connectivity index is 2.28. The SMILES string of the molecule is CCCNc1nccc(Oc2c(Cl)cccc2[N+](=O)[O-])n1. The largest absolute Gasteiger partial charge is 0.430 e. The summed E-state index contributed by atoms with van der Waals surface area (Å²) in [6, 6.07) is 5.83. The van der Waals surface area contributed by atoms with Gasteiger partial charge in [-0.3, -0.25) is 10.1 Å². The second-order valence-corrected chi connectivity index (χ2v) is 4.50. The summed E-state index contributed by atoms with van der Waals surface area (Å²) in [4.78, 5) is 18.6. The lowest BCUT2D eigenvalue weighted by molar-refractivity contribution is -0.385. The quantitative estimate of drug-likeness (QED) is 0.647. The molecule has 0 amide bonds. The molecule has 1 aromatic heterocycles. The highest BCUT2D eigenvalue weighted by Crippen LogP contribution is 2.37. The molecule has 0 radical (unpaired) electrons. The van der Waals surface area contributed by atoms with Gasteiger partial charge >= 0.3 is 5.69 Å². The lowest BCUT2D eigenvalue weighted by atomic mass is 10.3. The molecular weight excluding hydrogens is 296 g/mol. The first-order valence-electron chi connectivity index (χ1n) is 6.29. The van der Waals surface area contributed by atoms with Gasteiger partial charge in [-0.2, -0.15) is 4.98 Å². The van der Waals surface area contributed by atoms with E-state index in [4.69, 9.17) is 16.3 Å². The number of halogens is 1. The molecule has 1 heterocycles. The van der Waals surface area contributed by atoms with E-state index in [2.05, 4.69) is 15.3 Å². The van der Waals surface area contributed by atoms with Crippen LogP contribution in [0.3, 0.4) is 0 Å². The van der Waals surface area contributed by atoms with Crippen molar-refractivity contribution >= 4 is 23.2 Å². The maximum Gasteiger partial charge on any atom is 0.313 e. The van der Waals surface area contributed by atoms with Crippen LogP contribution in [0.5, 0.6) is 11.6 Å². The van der Waals surface area contributed by atoms with Crippen molar-refractivity contribution in [1.82, 2.24) is 9.97 Å². The van der Waals surface area contributed by atoms with E-state index in [9.17, 15) is 10.1 Å². The molecule has 2 rings (SSSR count). The van der Waals surface area contributed by atoms with Crippen molar-refractivity contribution in [2.24, 2.45) is 0 Å². The molecule has 1 N–H and O–H groups in total. The van der Waals surface area contributed by atoms with Crippen LogP contribution in [0.15, 0.2) is 30.5 Å². The minimum absolute atomic E-state index is 0.0377. The normalized spacial score (nSPS) is 10.2. The molecule has 0 aliphatic carbocycles. The fraction of sp³-hybridized carbons (Fsp3) is 0.231. The van der Waals surface area contributed by atoms with E-state index in [1.165, 1.54) is 30.5 Å². The summed E-state index contributed by atoms with van der Waals surface area (Å²) in [6.07, 6.45) is 2.42. The van der Waals surface area contributed by atoms with Crippen molar-refractivity contribution in [2.45, 2.75) is 13.3 Å². The topological polar surface area (TPSA) is 90.2 Å². The molecule has 2 aromatic rings. The summed E-state index contributed by atoms with van der Waals surface area (Å²) < 4.78 is 5.46. The Hall–Kier alpha value is -2.41. The van der Waals surface area contributed by atoms with Crippen LogP contribution < -0.4 is 10.1 Å². The monoisotopic (exact) mass is 308 g/mol. The Morgan fingerprint density at radius 1 is 1.43 bits per heavy atom. The molecule has 110 valence electrons. The summed E-state index contributed by atoms with van der Waals surface area (Å²) >= 11 is 5.96. The van der Waals surface area contributed by atoms with Crippen LogP contribution in [0.1, 0.15) is 13.3 Å². The molecule has 0 fully saturated rings. The first-order chi connectivity index (χ1) is 10.1. The fourth-order valence-electron chi connectivity index (χ4n) is 1.57. The highest BCUT2D eigenvalue weighted by Gasteiger charge is 2.19. The maximum atomic E-state index is 11.0. The number of nitrogens with one attached hydrogen (secondary N) is 1. The predicted octanol–water partition coefficient (Wildman–Crippen LogP) is 3.65. The number of nitro benzene ring substituents is 1. The molecule has 1 aromatic carbocycles.